The van der Waals surface area contributed by atoms with Gasteiger partial charge in [-0.05, 0) is 18.4 Å². The Bertz CT molecular complexity index is 734. The van der Waals surface area contributed by atoms with Crippen LogP contribution in [0, 0.1) is 17.6 Å². The van der Waals surface area contributed by atoms with Gasteiger partial charge in [0.1, 0.15) is 24.0 Å². The third kappa shape index (κ3) is 9.43. The molecule has 0 aromatic heterocycles. The van der Waals surface area contributed by atoms with Gasteiger partial charge in [-0.3, -0.25) is 9.79 Å². The second-order valence-corrected chi connectivity index (χ2v) is 6.91. The average molecular weight is 428 g/mol. The number of nitrogens with zero attached hydrogens (tertiary/aromatic N) is 1. The van der Waals surface area contributed by atoms with E-state index in [1.54, 1.807) is 0 Å². The number of halogens is 2. The van der Waals surface area contributed by atoms with E-state index in [0.29, 0.717) is 12.5 Å². The molecular weight excluding hydrogens is 398 g/mol. The van der Waals surface area contributed by atoms with Crippen LogP contribution < -0.4 is 5.32 Å². The number of aliphatic hydroxyl groups excluding tert-OH is 1. The summed E-state index contributed by atoms with van der Waals surface area (Å²) >= 11 is 0. The smallest absolute Gasteiger partial charge is 0.256 e. The molecule has 0 atom stereocenters. The van der Waals surface area contributed by atoms with Crippen LogP contribution in [0.3, 0.4) is 0 Å². The predicted octanol–water partition coefficient (Wildman–Crippen LogP) is 3.15. The Morgan fingerprint density at radius 1 is 1.27 bits per heavy atom. The lowest BCUT2D eigenvalue weighted by Gasteiger charge is -2.12. The van der Waals surface area contributed by atoms with Crippen LogP contribution in [0.25, 0.3) is 0 Å². The average Bonchev–Trinajstić information content (AvgIpc) is 2.70. The molecule has 1 amide bonds. The van der Waals surface area contributed by atoms with Crippen molar-refractivity contribution in [2.24, 2.45) is 10.9 Å². The van der Waals surface area contributed by atoms with Gasteiger partial charge < -0.3 is 24.6 Å². The van der Waals surface area contributed by atoms with Crippen LogP contribution in [-0.2, 0) is 25.5 Å². The predicted molar refractivity (Wildman–Crippen MR) is 109 cm³/mol. The first-order chi connectivity index (χ1) is 14.3. The summed E-state index contributed by atoms with van der Waals surface area (Å²) in [7, 11) is 2.90. The topological polar surface area (TPSA) is 89.4 Å². The molecule has 0 aliphatic heterocycles. The van der Waals surface area contributed by atoms with E-state index in [4.69, 9.17) is 14.2 Å². The van der Waals surface area contributed by atoms with Crippen molar-refractivity contribution < 1.29 is 32.9 Å². The van der Waals surface area contributed by atoms with Crippen LogP contribution in [0.2, 0.25) is 0 Å². The first-order valence-electron chi connectivity index (χ1n) is 9.55. The van der Waals surface area contributed by atoms with Gasteiger partial charge in [0, 0.05) is 45.2 Å². The van der Waals surface area contributed by atoms with Gasteiger partial charge in [-0.25, -0.2) is 8.78 Å². The zero-order valence-corrected chi connectivity index (χ0v) is 17.8. The Hall–Kier alpha value is -2.36. The van der Waals surface area contributed by atoms with Crippen molar-refractivity contribution in [1.29, 1.82) is 0 Å². The molecule has 30 heavy (non-hydrogen) atoms. The minimum Gasteiger partial charge on any atom is -0.509 e. The van der Waals surface area contributed by atoms with Crippen LogP contribution in [-0.4, -0.2) is 57.5 Å². The largest absolute Gasteiger partial charge is 0.509 e. The van der Waals surface area contributed by atoms with Crippen LogP contribution in [0.15, 0.2) is 34.5 Å². The minimum atomic E-state index is -0.779. The second kappa shape index (κ2) is 13.8. The highest BCUT2D eigenvalue weighted by Crippen LogP contribution is 2.10. The normalized spacial score (nSPS) is 12.7. The molecule has 0 fully saturated rings. The Kier molecular flexibility index (Phi) is 11.8. The highest BCUT2D eigenvalue weighted by molar-refractivity contribution is 6.12. The van der Waals surface area contributed by atoms with E-state index in [2.05, 4.69) is 10.3 Å². The Labute approximate surface area is 175 Å². The monoisotopic (exact) mass is 428 g/mol. The summed E-state index contributed by atoms with van der Waals surface area (Å²) in [6, 6.07) is 3.06. The Morgan fingerprint density at radius 3 is 2.57 bits per heavy atom. The van der Waals surface area contributed by atoms with Crippen LogP contribution in [0.4, 0.5) is 8.78 Å². The summed E-state index contributed by atoms with van der Waals surface area (Å²) in [6.07, 6.45) is 1.38. The van der Waals surface area contributed by atoms with E-state index in [-0.39, 0.29) is 36.6 Å². The number of aliphatic imine (C=N–C) groups is 1. The fourth-order valence-corrected chi connectivity index (χ4v) is 2.24. The fraction of sp³-hybridized carbons (Fsp3) is 0.524. The number of aliphatic hydroxyl groups is 1. The molecule has 7 nitrogen and oxygen atoms in total. The van der Waals surface area contributed by atoms with Gasteiger partial charge >= 0.3 is 0 Å². The Morgan fingerprint density at radius 2 is 1.97 bits per heavy atom. The molecule has 2 N–H and O–H groups in total. The van der Waals surface area contributed by atoms with E-state index < -0.39 is 23.8 Å². The van der Waals surface area contributed by atoms with Crippen molar-refractivity contribution in [1.82, 2.24) is 5.32 Å². The Balaban J connectivity index is 2.86. The molecule has 0 unspecified atom stereocenters. The number of benzene rings is 1. The molecule has 0 radical (unpaired) electrons. The number of rotatable bonds is 13. The molecule has 0 aliphatic carbocycles. The lowest BCUT2D eigenvalue weighted by atomic mass is 10.1. The summed E-state index contributed by atoms with van der Waals surface area (Å²) in [5.41, 5.74) is -0.0273. The summed E-state index contributed by atoms with van der Waals surface area (Å²) in [6.45, 7) is 4.23. The number of hydrogen-bond donors (Lipinski definition) is 2. The molecule has 0 saturated heterocycles. The van der Waals surface area contributed by atoms with Crippen molar-refractivity contribution >= 4 is 12.1 Å². The summed E-state index contributed by atoms with van der Waals surface area (Å²) in [5, 5.41) is 12.8. The van der Waals surface area contributed by atoms with Crippen LogP contribution in [0.1, 0.15) is 25.8 Å². The van der Waals surface area contributed by atoms with Crippen molar-refractivity contribution in [3.8, 4) is 0 Å². The van der Waals surface area contributed by atoms with E-state index in [1.807, 2.05) is 13.8 Å². The zero-order chi connectivity index (χ0) is 22.5. The van der Waals surface area contributed by atoms with Gasteiger partial charge in [-0.2, -0.15) is 0 Å². The van der Waals surface area contributed by atoms with Crippen molar-refractivity contribution in [3.63, 3.8) is 0 Å². The first-order valence-corrected chi connectivity index (χ1v) is 9.55. The number of carbonyl (C=O) groups is 1. The van der Waals surface area contributed by atoms with E-state index >= 15 is 0 Å². The molecule has 168 valence electrons. The van der Waals surface area contributed by atoms with E-state index in [1.165, 1.54) is 26.5 Å². The van der Waals surface area contributed by atoms with Gasteiger partial charge in [-0.15, -0.1) is 0 Å². The maximum absolute atomic E-state index is 13.8. The highest BCUT2D eigenvalue weighted by Gasteiger charge is 2.15. The maximum atomic E-state index is 13.8. The van der Waals surface area contributed by atoms with Crippen molar-refractivity contribution in [2.75, 3.05) is 34.0 Å². The number of methoxy groups -OCH3 is 2. The SMILES string of the molecule is COC(CN=CC(C(=O)NCc1ccc(F)cc1F)=C(O)COCCC(C)C)OC. The molecule has 1 aromatic carbocycles. The lowest BCUT2D eigenvalue weighted by Crippen LogP contribution is -2.27. The van der Waals surface area contributed by atoms with E-state index in [0.717, 1.165) is 18.6 Å². The minimum absolute atomic E-state index is 0.0951. The van der Waals surface area contributed by atoms with Crippen LogP contribution >= 0.6 is 0 Å². The quantitative estimate of drug-likeness (QED) is 0.166. The molecule has 1 aromatic rings. The summed E-state index contributed by atoms with van der Waals surface area (Å²) < 4.78 is 42.2. The molecule has 1 rings (SSSR count). The third-order valence-corrected chi connectivity index (χ3v) is 4.09. The molecule has 0 saturated carbocycles. The van der Waals surface area contributed by atoms with Crippen molar-refractivity contribution in [2.45, 2.75) is 33.1 Å². The van der Waals surface area contributed by atoms with Gasteiger partial charge in [0.25, 0.3) is 5.91 Å². The standard InChI is InChI=1S/C21H30F2N2O5/c1-14(2)7-8-30-13-19(26)17(11-24-12-20(28-3)29-4)21(27)25-10-15-5-6-16(22)9-18(15)23/h5-6,9,11,14,20,26H,7-8,10,12-13H2,1-4H3,(H,25,27). The van der Waals surface area contributed by atoms with E-state index in [9.17, 15) is 18.7 Å². The summed E-state index contributed by atoms with van der Waals surface area (Å²) in [5.74, 6) is -2.05. The molecule has 0 heterocycles. The molecule has 0 aliphatic rings. The number of amides is 1. The third-order valence-electron chi connectivity index (χ3n) is 4.09. The van der Waals surface area contributed by atoms with Crippen LogP contribution in [0.5, 0.6) is 0 Å². The lowest BCUT2D eigenvalue weighted by molar-refractivity contribution is -0.117. The molecule has 9 heteroatoms. The zero-order valence-electron chi connectivity index (χ0n) is 17.8. The number of nitrogens with one attached hydrogen (secondary N) is 1. The van der Waals surface area contributed by atoms with Crippen molar-refractivity contribution in [3.05, 3.63) is 46.7 Å². The van der Waals surface area contributed by atoms with Gasteiger partial charge in [-0.1, -0.05) is 19.9 Å². The second-order valence-electron chi connectivity index (χ2n) is 6.91. The number of hydrogen-bond acceptors (Lipinski definition) is 6. The molecular formula is C21H30F2N2O5. The van der Waals surface area contributed by atoms with Gasteiger partial charge in [0.2, 0.25) is 0 Å². The fourth-order valence-electron chi connectivity index (χ4n) is 2.24. The molecule has 0 spiro atoms. The molecule has 0 bridgehead atoms. The highest BCUT2D eigenvalue weighted by atomic mass is 19.1. The maximum Gasteiger partial charge on any atom is 0.256 e. The number of ether oxygens (including phenoxy) is 3. The van der Waals surface area contributed by atoms with Gasteiger partial charge in [0.05, 0.1) is 12.1 Å². The first kappa shape index (κ1) is 25.7. The number of carbonyl (C=O) groups excluding carboxylic acids is 1. The van der Waals surface area contributed by atoms with Gasteiger partial charge in [0.15, 0.2) is 6.29 Å². The summed E-state index contributed by atoms with van der Waals surface area (Å²) in [4.78, 5) is 16.6.